The number of aryl methyl sites for hydroxylation is 1. The molecule has 1 heterocycles. The van der Waals surface area contributed by atoms with Gasteiger partial charge in [0.25, 0.3) is 0 Å². The Morgan fingerprint density at radius 3 is 2.69 bits per heavy atom. The molecule has 0 atom stereocenters. The van der Waals surface area contributed by atoms with Crippen molar-refractivity contribution in [2.45, 2.75) is 6.92 Å². The Morgan fingerprint density at radius 2 is 2.06 bits per heavy atom. The molecule has 0 spiro atoms. The molecule has 0 aliphatic rings. The first-order valence-electron chi connectivity index (χ1n) is 4.76. The van der Waals surface area contributed by atoms with E-state index in [2.05, 4.69) is 10.3 Å². The van der Waals surface area contributed by atoms with Crippen LogP contribution in [0.5, 0.6) is 0 Å². The van der Waals surface area contributed by atoms with Crippen LogP contribution in [0.1, 0.15) is 4.88 Å². The standard InChI is InChI=1S/C11H11N3OS/c1-7-9(8-5-3-2-4-6-8)13-11(16-7)14-10(12)15/h2-6H,1H3,(H3,12,13,14,15). The van der Waals surface area contributed by atoms with Crippen molar-refractivity contribution >= 4 is 22.5 Å². The van der Waals surface area contributed by atoms with Gasteiger partial charge in [-0.2, -0.15) is 0 Å². The van der Waals surface area contributed by atoms with Crippen molar-refractivity contribution in [3.63, 3.8) is 0 Å². The SMILES string of the molecule is Cc1sc(NC(N)=O)nc1-c1ccccc1. The number of rotatable bonds is 2. The van der Waals surface area contributed by atoms with Gasteiger partial charge in [0.05, 0.1) is 5.69 Å². The van der Waals surface area contributed by atoms with E-state index < -0.39 is 6.03 Å². The van der Waals surface area contributed by atoms with Gasteiger partial charge in [0.1, 0.15) is 0 Å². The third kappa shape index (κ3) is 2.20. The molecule has 0 saturated carbocycles. The number of nitrogens with one attached hydrogen (secondary N) is 1. The molecule has 16 heavy (non-hydrogen) atoms. The largest absolute Gasteiger partial charge is 0.351 e. The number of carbonyl (C=O) groups excluding carboxylic acids is 1. The number of thiazole rings is 1. The molecule has 4 nitrogen and oxygen atoms in total. The van der Waals surface area contributed by atoms with E-state index in [1.807, 2.05) is 37.3 Å². The molecular weight excluding hydrogens is 222 g/mol. The van der Waals surface area contributed by atoms with Gasteiger partial charge in [-0.3, -0.25) is 5.32 Å². The number of amides is 2. The fourth-order valence-corrected chi connectivity index (χ4v) is 2.26. The normalized spacial score (nSPS) is 10.1. The zero-order valence-electron chi connectivity index (χ0n) is 8.73. The third-order valence-corrected chi connectivity index (χ3v) is 2.96. The predicted molar refractivity (Wildman–Crippen MR) is 65.5 cm³/mol. The lowest BCUT2D eigenvalue weighted by Crippen LogP contribution is -2.18. The number of nitrogens with two attached hydrogens (primary N) is 1. The minimum Gasteiger partial charge on any atom is -0.351 e. The van der Waals surface area contributed by atoms with E-state index in [0.29, 0.717) is 5.13 Å². The first kappa shape index (κ1) is 10.6. The molecule has 5 heteroatoms. The molecule has 0 radical (unpaired) electrons. The van der Waals surface area contributed by atoms with Gasteiger partial charge >= 0.3 is 6.03 Å². The quantitative estimate of drug-likeness (QED) is 0.837. The summed E-state index contributed by atoms with van der Waals surface area (Å²) in [7, 11) is 0. The lowest BCUT2D eigenvalue weighted by Gasteiger charge is -1.96. The van der Waals surface area contributed by atoms with Crippen LogP contribution in [0.2, 0.25) is 0 Å². The van der Waals surface area contributed by atoms with E-state index in [0.717, 1.165) is 16.1 Å². The molecule has 2 amide bonds. The molecular formula is C11H11N3OS. The van der Waals surface area contributed by atoms with Crippen LogP contribution in [0.25, 0.3) is 11.3 Å². The minimum atomic E-state index is -0.589. The number of benzene rings is 1. The molecule has 0 aliphatic carbocycles. The minimum absolute atomic E-state index is 0.531. The lowest BCUT2D eigenvalue weighted by atomic mass is 10.1. The first-order valence-corrected chi connectivity index (χ1v) is 5.58. The predicted octanol–water partition coefficient (Wildman–Crippen LogP) is 2.61. The summed E-state index contributed by atoms with van der Waals surface area (Å²) in [6.45, 7) is 1.96. The first-order chi connectivity index (χ1) is 7.66. The average molecular weight is 233 g/mol. The topological polar surface area (TPSA) is 68.0 Å². The van der Waals surface area contributed by atoms with Gasteiger partial charge in [-0.1, -0.05) is 30.3 Å². The molecule has 1 aromatic carbocycles. The highest BCUT2D eigenvalue weighted by Gasteiger charge is 2.09. The van der Waals surface area contributed by atoms with Crippen LogP contribution < -0.4 is 11.1 Å². The molecule has 1 aromatic heterocycles. The van der Waals surface area contributed by atoms with Crippen molar-refractivity contribution in [3.05, 3.63) is 35.2 Å². The summed E-state index contributed by atoms with van der Waals surface area (Å²) in [6.07, 6.45) is 0. The van der Waals surface area contributed by atoms with E-state index >= 15 is 0 Å². The van der Waals surface area contributed by atoms with E-state index in [1.54, 1.807) is 0 Å². The number of carbonyl (C=O) groups is 1. The maximum atomic E-state index is 10.7. The zero-order chi connectivity index (χ0) is 11.5. The second kappa shape index (κ2) is 4.32. The van der Waals surface area contributed by atoms with Crippen molar-refractivity contribution < 1.29 is 4.79 Å². The van der Waals surface area contributed by atoms with E-state index in [1.165, 1.54) is 11.3 Å². The van der Waals surface area contributed by atoms with Crippen molar-refractivity contribution in [1.82, 2.24) is 4.98 Å². The van der Waals surface area contributed by atoms with Gasteiger partial charge in [0.2, 0.25) is 0 Å². The maximum absolute atomic E-state index is 10.7. The Kier molecular flexibility index (Phi) is 2.87. The van der Waals surface area contributed by atoms with E-state index in [9.17, 15) is 4.79 Å². The molecule has 0 unspecified atom stereocenters. The van der Waals surface area contributed by atoms with Crippen molar-refractivity contribution in [1.29, 1.82) is 0 Å². The summed E-state index contributed by atoms with van der Waals surface area (Å²) in [5, 5.41) is 3.01. The molecule has 0 aliphatic heterocycles. The fourth-order valence-electron chi connectivity index (χ4n) is 1.42. The lowest BCUT2D eigenvalue weighted by molar-refractivity contribution is 0.259. The van der Waals surface area contributed by atoms with Crippen LogP contribution in [-0.2, 0) is 0 Å². The molecule has 2 rings (SSSR count). The summed E-state index contributed by atoms with van der Waals surface area (Å²) in [5.74, 6) is 0. The van der Waals surface area contributed by atoms with Crippen LogP contribution >= 0.6 is 11.3 Å². The Hall–Kier alpha value is -1.88. The van der Waals surface area contributed by atoms with Crippen LogP contribution in [0.3, 0.4) is 0 Å². The highest BCUT2D eigenvalue weighted by Crippen LogP contribution is 2.29. The summed E-state index contributed by atoms with van der Waals surface area (Å²) in [4.78, 5) is 16.1. The highest BCUT2D eigenvalue weighted by atomic mass is 32.1. The van der Waals surface area contributed by atoms with Gasteiger partial charge in [0.15, 0.2) is 5.13 Å². The number of hydrogen-bond acceptors (Lipinski definition) is 3. The highest BCUT2D eigenvalue weighted by molar-refractivity contribution is 7.16. The summed E-state index contributed by atoms with van der Waals surface area (Å²) >= 11 is 1.41. The molecule has 2 aromatic rings. The summed E-state index contributed by atoms with van der Waals surface area (Å²) in [5.41, 5.74) is 6.96. The molecule has 3 N–H and O–H groups in total. The number of primary amides is 1. The van der Waals surface area contributed by atoms with E-state index in [-0.39, 0.29) is 0 Å². The van der Waals surface area contributed by atoms with Gasteiger partial charge < -0.3 is 5.73 Å². The Balaban J connectivity index is 2.36. The summed E-state index contributed by atoms with van der Waals surface area (Å²) < 4.78 is 0. The Morgan fingerprint density at radius 1 is 1.38 bits per heavy atom. The van der Waals surface area contributed by atoms with Crippen LogP contribution in [0, 0.1) is 6.92 Å². The van der Waals surface area contributed by atoms with Crippen molar-refractivity contribution in [2.24, 2.45) is 5.73 Å². The Bertz CT molecular complexity index is 507. The van der Waals surface area contributed by atoms with Gasteiger partial charge in [-0.25, -0.2) is 9.78 Å². The number of urea groups is 1. The molecule has 0 fully saturated rings. The molecule has 0 bridgehead atoms. The van der Waals surface area contributed by atoms with Gasteiger partial charge in [-0.05, 0) is 6.92 Å². The monoisotopic (exact) mass is 233 g/mol. The third-order valence-electron chi connectivity index (χ3n) is 2.07. The number of hydrogen-bond donors (Lipinski definition) is 2. The number of aromatic nitrogens is 1. The fraction of sp³-hybridized carbons (Fsp3) is 0.0909. The zero-order valence-corrected chi connectivity index (χ0v) is 9.54. The van der Waals surface area contributed by atoms with Gasteiger partial charge in [-0.15, -0.1) is 11.3 Å². The second-order valence-corrected chi connectivity index (χ2v) is 4.48. The van der Waals surface area contributed by atoms with E-state index in [4.69, 9.17) is 5.73 Å². The van der Waals surface area contributed by atoms with Crippen LogP contribution in [0.15, 0.2) is 30.3 Å². The van der Waals surface area contributed by atoms with Crippen LogP contribution in [-0.4, -0.2) is 11.0 Å². The smallest absolute Gasteiger partial charge is 0.318 e. The Labute approximate surface area is 97.1 Å². The molecule has 82 valence electrons. The van der Waals surface area contributed by atoms with Crippen molar-refractivity contribution in [3.8, 4) is 11.3 Å². The maximum Gasteiger partial charge on any atom is 0.318 e. The second-order valence-electron chi connectivity index (χ2n) is 3.28. The molecule has 0 saturated heterocycles. The average Bonchev–Trinajstić information content (AvgIpc) is 2.60. The summed E-state index contributed by atoms with van der Waals surface area (Å²) in [6, 6.07) is 9.23. The van der Waals surface area contributed by atoms with Crippen LogP contribution in [0.4, 0.5) is 9.93 Å². The number of nitrogens with zero attached hydrogens (tertiary/aromatic N) is 1. The van der Waals surface area contributed by atoms with Crippen molar-refractivity contribution in [2.75, 3.05) is 5.32 Å². The van der Waals surface area contributed by atoms with Gasteiger partial charge in [0, 0.05) is 10.4 Å². The number of anilines is 1.